The van der Waals surface area contributed by atoms with E-state index < -0.39 is 6.10 Å². The molecule has 0 aromatic heterocycles. The molecule has 0 bridgehead atoms. The van der Waals surface area contributed by atoms with Crippen molar-refractivity contribution in [2.45, 2.75) is 343 Å². The van der Waals surface area contributed by atoms with Gasteiger partial charge in [0.25, 0.3) is 0 Å². The van der Waals surface area contributed by atoms with E-state index in [2.05, 4.69) is 41.5 Å². The van der Waals surface area contributed by atoms with Gasteiger partial charge in [0.2, 0.25) is 0 Å². The summed E-state index contributed by atoms with van der Waals surface area (Å²) in [7, 11) is 0. The third-order valence-corrected chi connectivity index (χ3v) is 14.6. The summed E-state index contributed by atoms with van der Waals surface area (Å²) in [6.45, 7) is 13.8. The molecule has 0 aliphatic carbocycles. The van der Waals surface area contributed by atoms with Crippen LogP contribution in [-0.2, 0) is 28.6 Å². The molecule has 0 aliphatic heterocycles. The zero-order chi connectivity index (χ0) is 49.1. The van der Waals surface area contributed by atoms with E-state index in [1.54, 1.807) is 0 Å². The highest BCUT2D eigenvalue weighted by Gasteiger charge is 2.19. The van der Waals surface area contributed by atoms with Crippen molar-refractivity contribution in [1.82, 2.24) is 0 Å². The molecule has 67 heavy (non-hydrogen) atoms. The minimum Gasteiger partial charge on any atom is -0.462 e. The molecule has 0 N–H and O–H groups in total. The monoisotopic (exact) mass is 947 g/mol. The molecule has 0 rings (SSSR count). The zero-order valence-corrected chi connectivity index (χ0v) is 46.2. The lowest BCUT2D eigenvalue weighted by molar-refractivity contribution is -0.167. The Morgan fingerprint density at radius 1 is 0.299 bits per heavy atom. The molecule has 0 fully saturated rings. The second-order valence-corrected chi connectivity index (χ2v) is 21.9. The fourth-order valence-corrected chi connectivity index (χ4v) is 9.29. The summed E-state index contributed by atoms with van der Waals surface area (Å²) in [5, 5.41) is 0. The van der Waals surface area contributed by atoms with Crippen LogP contribution in [-0.4, -0.2) is 37.2 Å². The first-order valence-electron chi connectivity index (χ1n) is 30.2. The minimum atomic E-state index is -0.764. The number of carbonyl (C=O) groups excluding carboxylic acids is 3. The maximum Gasteiger partial charge on any atom is 0.306 e. The molecule has 0 spiro atoms. The smallest absolute Gasteiger partial charge is 0.306 e. The largest absolute Gasteiger partial charge is 0.462 e. The molecule has 6 nitrogen and oxygen atoms in total. The van der Waals surface area contributed by atoms with Crippen molar-refractivity contribution in [1.29, 1.82) is 0 Å². The fourth-order valence-electron chi connectivity index (χ4n) is 9.29. The number of esters is 3. The predicted octanol–water partition coefficient (Wildman–Crippen LogP) is 19.9. The van der Waals surface area contributed by atoms with Crippen molar-refractivity contribution in [3.05, 3.63) is 0 Å². The number of ether oxygens (including phenoxy) is 3. The van der Waals surface area contributed by atoms with E-state index in [9.17, 15) is 14.4 Å². The van der Waals surface area contributed by atoms with Crippen LogP contribution in [0.3, 0.4) is 0 Å². The summed E-state index contributed by atoms with van der Waals surface area (Å²) in [4.78, 5) is 38.1. The molecule has 0 saturated heterocycles. The van der Waals surface area contributed by atoms with Crippen LogP contribution in [0, 0.1) is 17.8 Å². The Balaban J connectivity index is 4.19. The van der Waals surface area contributed by atoms with Crippen LogP contribution < -0.4 is 0 Å². The molecule has 0 amide bonds. The van der Waals surface area contributed by atoms with Gasteiger partial charge in [-0.1, -0.05) is 298 Å². The van der Waals surface area contributed by atoms with Gasteiger partial charge in [0, 0.05) is 19.3 Å². The van der Waals surface area contributed by atoms with Gasteiger partial charge in [0.1, 0.15) is 13.2 Å². The Bertz CT molecular complexity index is 1040. The van der Waals surface area contributed by atoms with Crippen LogP contribution in [0.25, 0.3) is 0 Å². The molecule has 0 aliphatic rings. The molecule has 0 saturated carbocycles. The average molecular weight is 948 g/mol. The van der Waals surface area contributed by atoms with Crippen molar-refractivity contribution in [3.8, 4) is 0 Å². The van der Waals surface area contributed by atoms with E-state index in [1.165, 1.54) is 218 Å². The van der Waals surface area contributed by atoms with Gasteiger partial charge in [-0.25, -0.2) is 0 Å². The quantitative estimate of drug-likeness (QED) is 0.0343. The van der Waals surface area contributed by atoms with Crippen molar-refractivity contribution in [3.63, 3.8) is 0 Å². The Hall–Kier alpha value is -1.59. The Labute approximate surface area is 418 Å². The van der Waals surface area contributed by atoms with Crippen LogP contribution in [0.4, 0.5) is 0 Å². The minimum absolute atomic E-state index is 0.0643. The van der Waals surface area contributed by atoms with Crippen molar-refractivity contribution in [2.24, 2.45) is 17.8 Å². The summed E-state index contributed by atoms with van der Waals surface area (Å²) in [5.41, 5.74) is 0. The second-order valence-electron chi connectivity index (χ2n) is 21.9. The van der Waals surface area contributed by atoms with Crippen LogP contribution >= 0.6 is 0 Å². The van der Waals surface area contributed by atoms with Gasteiger partial charge in [-0.15, -0.1) is 0 Å². The van der Waals surface area contributed by atoms with E-state index >= 15 is 0 Å². The van der Waals surface area contributed by atoms with Crippen molar-refractivity contribution < 1.29 is 28.6 Å². The highest BCUT2D eigenvalue weighted by atomic mass is 16.6. The fraction of sp³-hybridized carbons (Fsp3) is 0.951. The van der Waals surface area contributed by atoms with Crippen LogP contribution in [0.2, 0.25) is 0 Å². The molecular weight excluding hydrogens is 829 g/mol. The third-order valence-electron chi connectivity index (χ3n) is 14.6. The van der Waals surface area contributed by atoms with Crippen LogP contribution in [0.5, 0.6) is 0 Å². The second kappa shape index (κ2) is 52.2. The topological polar surface area (TPSA) is 78.9 Å². The van der Waals surface area contributed by atoms with Gasteiger partial charge in [-0.3, -0.25) is 14.4 Å². The SMILES string of the molecule is CCC(C)CCCCCCCCCCCCCCCCC(=O)OC[C@@H](COC(=O)CCCCCCCCCCCCCCCCCCCCC(C)C)OC(=O)CCCCCCCCC(C)CC. The average Bonchev–Trinajstić information content (AvgIpc) is 3.31. The first kappa shape index (κ1) is 65.4. The number of hydrogen-bond acceptors (Lipinski definition) is 6. The van der Waals surface area contributed by atoms with E-state index in [0.29, 0.717) is 19.3 Å². The Morgan fingerprint density at radius 3 is 0.776 bits per heavy atom. The van der Waals surface area contributed by atoms with E-state index in [4.69, 9.17) is 14.2 Å². The van der Waals surface area contributed by atoms with Crippen LogP contribution in [0.1, 0.15) is 337 Å². The third kappa shape index (κ3) is 52.1. The summed E-state index contributed by atoms with van der Waals surface area (Å²) in [5.74, 6) is 1.72. The van der Waals surface area contributed by atoms with Crippen LogP contribution in [0.15, 0.2) is 0 Å². The Kier molecular flexibility index (Phi) is 51.0. The van der Waals surface area contributed by atoms with Gasteiger partial charge in [-0.2, -0.15) is 0 Å². The van der Waals surface area contributed by atoms with Crippen molar-refractivity contribution >= 4 is 17.9 Å². The number of rotatable bonds is 54. The zero-order valence-electron chi connectivity index (χ0n) is 46.2. The summed E-state index contributed by atoms with van der Waals surface area (Å²) in [6.07, 6.45) is 55.3. The van der Waals surface area contributed by atoms with Gasteiger partial charge in [0.05, 0.1) is 0 Å². The molecule has 3 atom stereocenters. The maximum atomic E-state index is 12.8. The van der Waals surface area contributed by atoms with Gasteiger partial charge in [0.15, 0.2) is 6.10 Å². The summed E-state index contributed by atoms with van der Waals surface area (Å²) < 4.78 is 16.9. The standard InChI is InChI=1S/C61H118O6/c1-7-56(5)48-42-36-30-26-22-18-15-16-20-24-28-32-39-45-51-60(63)66-54-58(67-61(64)52-46-40-34-33-37-43-49-57(6)8-2)53-65-59(62)50-44-38-31-27-23-19-14-12-10-9-11-13-17-21-25-29-35-41-47-55(3)4/h55-58H,7-54H2,1-6H3/t56?,57?,58-/m1/s1. The summed E-state index contributed by atoms with van der Waals surface area (Å²) in [6, 6.07) is 0. The Morgan fingerprint density at radius 2 is 0.522 bits per heavy atom. The normalized spacial score (nSPS) is 12.9. The molecule has 0 heterocycles. The molecule has 0 radical (unpaired) electrons. The number of unbranched alkanes of at least 4 members (excludes halogenated alkanes) is 35. The van der Waals surface area contributed by atoms with E-state index in [0.717, 1.165) is 75.5 Å². The lowest BCUT2D eigenvalue weighted by Crippen LogP contribution is -2.30. The van der Waals surface area contributed by atoms with Gasteiger partial charge >= 0.3 is 17.9 Å². The van der Waals surface area contributed by atoms with Crippen molar-refractivity contribution in [2.75, 3.05) is 13.2 Å². The number of carbonyl (C=O) groups is 3. The first-order chi connectivity index (χ1) is 32.7. The van der Waals surface area contributed by atoms with Gasteiger partial charge < -0.3 is 14.2 Å². The first-order valence-corrected chi connectivity index (χ1v) is 30.2. The highest BCUT2D eigenvalue weighted by molar-refractivity contribution is 5.71. The predicted molar refractivity (Wildman–Crippen MR) is 289 cm³/mol. The molecular formula is C61H118O6. The lowest BCUT2D eigenvalue weighted by atomic mass is 9.99. The molecule has 6 heteroatoms. The molecule has 0 aromatic carbocycles. The maximum absolute atomic E-state index is 12.8. The lowest BCUT2D eigenvalue weighted by Gasteiger charge is -2.18. The number of hydrogen-bond donors (Lipinski definition) is 0. The highest BCUT2D eigenvalue weighted by Crippen LogP contribution is 2.19. The molecule has 398 valence electrons. The van der Waals surface area contributed by atoms with E-state index in [-0.39, 0.29) is 31.1 Å². The van der Waals surface area contributed by atoms with E-state index in [1.807, 2.05) is 0 Å². The van der Waals surface area contributed by atoms with Gasteiger partial charge in [-0.05, 0) is 37.0 Å². The summed E-state index contributed by atoms with van der Waals surface area (Å²) >= 11 is 0. The molecule has 0 aromatic rings. The molecule has 2 unspecified atom stereocenters.